The molecule has 0 spiro atoms. The Hall–Kier alpha value is -1.46. The molecule has 6 heteroatoms. The van der Waals surface area contributed by atoms with Crippen LogP contribution in [0.5, 0.6) is 0 Å². The smallest absolute Gasteiger partial charge is 0.159 e. The standard InChI is InChI=1S/C12H13ClN4O/c13-11-9-1-3-14-6-10(9)12(17-16-11)15-5-8-2-4-18-7-8/h1,3,6,8H,2,4-5,7H2,(H,15,17). The van der Waals surface area contributed by atoms with Gasteiger partial charge in [0.05, 0.1) is 6.61 Å². The summed E-state index contributed by atoms with van der Waals surface area (Å²) in [6.45, 7) is 2.49. The van der Waals surface area contributed by atoms with Crippen molar-refractivity contribution in [1.29, 1.82) is 0 Å². The van der Waals surface area contributed by atoms with Crippen molar-refractivity contribution in [2.24, 2.45) is 5.92 Å². The highest BCUT2D eigenvalue weighted by Crippen LogP contribution is 2.25. The molecule has 94 valence electrons. The third-order valence-electron chi connectivity index (χ3n) is 3.12. The average molecular weight is 265 g/mol. The summed E-state index contributed by atoms with van der Waals surface area (Å²) in [6.07, 6.45) is 4.54. The van der Waals surface area contributed by atoms with Crippen LogP contribution in [0.2, 0.25) is 5.15 Å². The monoisotopic (exact) mass is 264 g/mol. The molecule has 0 amide bonds. The highest BCUT2D eigenvalue weighted by molar-refractivity contribution is 6.34. The zero-order valence-electron chi connectivity index (χ0n) is 9.77. The molecule has 0 saturated carbocycles. The lowest BCUT2D eigenvalue weighted by Gasteiger charge is -2.11. The van der Waals surface area contributed by atoms with Crippen molar-refractivity contribution in [2.75, 3.05) is 25.1 Å². The van der Waals surface area contributed by atoms with Crippen LogP contribution in [0.3, 0.4) is 0 Å². The van der Waals surface area contributed by atoms with Gasteiger partial charge in [-0.2, -0.15) is 0 Å². The second-order valence-corrected chi connectivity index (χ2v) is 4.73. The fourth-order valence-electron chi connectivity index (χ4n) is 2.08. The van der Waals surface area contributed by atoms with E-state index in [1.165, 1.54) is 0 Å². The Kier molecular flexibility index (Phi) is 3.25. The maximum Gasteiger partial charge on any atom is 0.159 e. The lowest BCUT2D eigenvalue weighted by Crippen LogP contribution is -2.15. The van der Waals surface area contributed by atoms with Gasteiger partial charge in [0.2, 0.25) is 0 Å². The Balaban J connectivity index is 1.85. The summed E-state index contributed by atoms with van der Waals surface area (Å²) in [7, 11) is 0. The molecule has 2 aromatic heterocycles. The van der Waals surface area contributed by atoms with Gasteiger partial charge in [0, 0.05) is 42.2 Å². The van der Waals surface area contributed by atoms with Gasteiger partial charge >= 0.3 is 0 Å². The van der Waals surface area contributed by atoms with Crippen LogP contribution in [0.15, 0.2) is 18.5 Å². The number of nitrogens with one attached hydrogen (secondary N) is 1. The second-order valence-electron chi connectivity index (χ2n) is 4.37. The molecule has 1 aliphatic rings. The third kappa shape index (κ3) is 2.23. The van der Waals surface area contributed by atoms with Gasteiger partial charge in [-0.3, -0.25) is 4.98 Å². The molecule has 18 heavy (non-hydrogen) atoms. The summed E-state index contributed by atoms with van der Waals surface area (Å²) < 4.78 is 5.34. The van der Waals surface area contributed by atoms with Gasteiger partial charge in [0.25, 0.3) is 0 Å². The van der Waals surface area contributed by atoms with E-state index in [1.54, 1.807) is 12.4 Å². The van der Waals surface area contributed by atoms with E-state index in [9.17, 15) is 0 Å². The van der Waals surface area contributed by atoms with E-state index in [4.69, 9.17) is 16.3 Å². The van der Waals surface area contributed by atoms with Crippen LogP contribution in [0.4, 0.5) is 5.82 Å². The molecule has 1 saturated heterocycles. The van der Waals surface area contributed by atoms with Crippen molar-refractivity contribution in [2.45, 2.75) is 6.42 Å². The third-order valence-corrected chi connectivity index (χ3v) is 3.40. The minimum atomic E-state index is 0.405. The number of ether oxygens (including phenoxy) is 1. The Morgan fingerprint density at radius 3 is 3.17 bits per heavy atom. The van der Waals surface area contributed by atoms with Gasteiger partial charge in [-0.05, 0) is 12.5 Å². The van der Waals surface area contributed by atoms with E-state index in [0.717, 1.165) is 42.8 Å². The maximum absolute atomic E-state index is 6.01. The lowest BCUT2D eigenvalue weighted by atomic mass is 10.1. The molecule has 0 aromatic carbocycles. The summed E-state index contributed by atoms with van der Waals surface area (Å²) in [5, 5.41) is 13.5. The van der Waals surface area contributed by atoms with Crippen LogP contribution in [-0.2, 0) is 4.74 Å². The normalized spacial score (nSPS) is 19.3. The number of halogens is 1. The first-order valence-electron chi connectivity index (χ1n) is 5.92. The summed E-state index contributed by atoms with van der Waals surface area (Å²) >= 11 is 6.01. The molecule has 3 rings (SSSR count). The number of aromatic nitrogens is 3. The molecular formula is C12H13ClN4O. The minimum Gasteiger partial charge on any atom is -0.381 e. The summed E-state index contributed by atoms with van der Waals surface area (Å²) in [4.78, 5) is 4.10. The Labute approximate surface area is 110 Å². The van der Waals surface area contributed by atoms with E-state index in [1.807, 2.05) is 6.07 Å². The quantitative estimate of drug-likeness (QED) is 0.920. The van der Waals surface area contributed by atoms with E-state index in [0.29, 0.717) is 11.1 Å². The molecule has 0 aliphatic carbocycles. The van der Waals surface area contributed by atoms with Gasteiger partial charge in [-0.1, -0.05) is 11.6 Å². The Morgan fingerprint density at radius 2 is 2.33 bits per heavy atom. The molecule has 1 aliphatic heterocycles. The zero-order valence-corrected chi connectivity index (χ0v) is 10.5. The molecule has 1 atom stereocenters. The number of pyridine rings is 1. The highest BCUT2D eigenvalue weighted by Gasteiger charge is 2.16. The topological polar surface area (TPSA) is 59.9 Å². The first kappa shape index (κ1) is 11.6. The first-order chi connectivity index (χ1) is 8.84. The zero-order chi connectivity index (χ0) is 12.4. The predicted octanol–water partition coefficient (Wildman–Crippen LogP) is 2.13. The molecule has 0 radical (unpaired) electrons. The van der Waals surface area contributed by atoms with Crippen molar-refractivity contribution < 1.29 is 4.74 Å². The van der Waals surface area contributed by atoms with Crippen LogP contribution in [0, 0.1) is 5.92 Å². The van der Waals surface area contributed by atoms with Gasteiger partial charge in [-0.15, -0.1) is 10.2 Å². The SMILES string of the molecule is Clc1nnc(NCC2CCOC2)c2cnccc12. The van der Waals surface area contributed by atoms with Crippen LogP contribution in [0.1, 0.15) is 6.42 Å². The van der Waals surface area contributed by atoms with Crippen LogP contribution in [-0.4, -0.2) is 34.9 Å². The Morgan fingerprint density at radius 1 is 1.39 bits per heavy atom. The molecular weight excluding hydrogens is 252 g/mol. The minimum absolute atomic E-state index is 0.405. The van der Waals surface area contributed by atoms with Gasteiger partial charge in [0.1, 0.15) is 0 Å². The van der Waals surface area contributed by atoms with Gasteiger partial charge in [0.15, 0.2) is 11.0 Å². The molecule has 1 N–H and O–H groups in total. The maximum atomic E-state index is 6.01. The van der Waals surface area contributed by atoms with Crippen molar-refractivity contribution in [3.8, 4) is 0 Å². The van der Waals surface area contributed by atoms with Crippen LogP contribution >= 0.6 is 11.6 Å². The number of nitrogens with zero attached hydrogens (tertiary/aromatic N) is 3. The fourth-order valence-corrected chi connectivity index (χ4v) is 2.28. The number of hydrogen-bond donors (Lipinski definition) is 1. The molecule has 5 nitrogen and oxygen atoms in total. The number of hydrogen-bond acceptors (Lipinski definition) is 5. The predicted molar refractivity (Wildman–Crippen MR) is 69.8 cm³/mol. The van der Waals surface area contributed by atoms with Crippen molar-refractivity contribution in [3.63, 3.8) is 0 Å². The van der Waals surface area contributed by atoms with Gasteiger partial charge < -0.3 is 10.1 Å². The van der Waals surface area contributed by atoms with Crippen molar-refractivity contribution >= 4 is 28.2 Å². The molecule has 2 aromatic rings. The molecule has 3 heterocycles. The summed E-state index contributed by atoms with van der Waals surface area (Å²) in [6, 6.07) is 1.84. The second kappa shape index (κ2) is 5.04. The van der Waals surface area contributed by atoms with E-state index in [2.05, 4.69) is 20.5 Å². The van der Waals surface area contributed by atoms with Crippen LogP contribution < -0.4 is 5.32 Å². The van der Waals surface area contributed by atoms with Crippen molar-refractivity contribution in [3.05, 3.63) is 23.6 Å². The lowest BCUT2D eigenvalue weighted by molar-refractivity contribution is 0.187. The summed E-state index contributed by atoms with van der Waals surface area (Å²) in [5.41, 5.74) is 0. The first-order valence-corrected chi connectivity index (χ1v) is 6.30. The van der Waals surface area contributed by atoms with E-state index < -0.39 is 0 Å². The summed E-state index contributed by atoms with van der Waals surface area (Å²) in [5.74, 6) is 1.27. The number of rotatable bonds is 3. The van der Waals surface area contributed by atoms with Crippen molar-refractivity contribution in [1.82, 2.24) is 15.2 Å². The molecule has 1 unspecified atom stereocenters. The number of anilines is 1. The number of fused-ring (bicyclic) bond motifs is 1. The van der Waals surface area contributed by atoms with Crippen LogP contribution in [0.25, 0.3) is 10.8 Å². The fraction of sp³-hybridized carbons (Fsp3) is 0.417. The van der Waals surface area contributed by atoms with Gasteiger partial charge in [-0.25, -0.2) is 0 Å². The van der Waals surface area contributed by atoms with E-state index in [-0.39, 0.29) is 0 Å². The average Bonchev–Trinajstić information content (AvgIpc) is 2.92. The molecule has 1 fully saturated rings. The highest BCUT2D eigenvalue weighted by atomic mass is 35.5. The largest absolute Gasteiger partial charge is 0.381 e. The van der Waals surface area contributed by atoms with E-state index >= 15 is 0 Å². The Bertz CT molecular complexity index is 557. The molecule has 0 bridgehead atoms.